The van der Waals surface area contributed by atoms with Gasteiger partial charge in [0.05, 0.1) is 18.6 Å². The second-order valence-electron chi connectivity index (χ2n) is 6.08. The average molecular weight is 329 g/mol. The van der Waals surface area contributed by atoms with Crippen LogP contribution in [0.1, 0.15) is 44.2 Å². The van der Waals surface area contributed by atoms with Crippen molar-refractivity contribution in [3.63, 3.8) is 0 Å². The highest BCUT2D eigenvalue weighted by atomic mass is 16.5. The van der Waals surface area contributed by atoms with Crippen molar-refractivity contribution in [1.82, 2.24) is 4.90 Å². The summed E-state index contributed by atoms with van der Waals surface area (Å²) in [7, 11) is 0. The monoisotopic (exact) mass is 329 g/mol. The van der Waals surface area contributed by atoms with Gasteiger partial charge in [-0.3, -0.25) is 0 Å². The van der Waals surface area contributed by atoms with Crippen molar-refractivity contribution in [2.75, 3.05) is 25.0 Å². The number of amides is 2. The highest BCUT2D eigenvalue weighted by Crippen LogP contribution is 2.23. The predicted molar refractivity (Wildman–Crippen MR) is 95.0 cm³/mol. The Balaban J connectivity index is 2.12. The number of carbonyl (C=O) groups is 1. The van der Waals surface area contributed by atoms with Crippen LogP contribution in [0.3, 0.4) is 0 Å². The van der Waals surface area contributed by atoms with Gasteiger partial charge in [0.2, 0.25) is 0 Å². The number of aryl methyl sites for hydroxylation is 2. The summed E-state index contributed by atoms with van der Waals surface area (Å²) in [6, 6.07) is 8.12. The number of hydrogen-bond donors (Lipinski definition) is 1. The molecule has 1 aromatic rings. The fourth-order valence-electron chi connectivity index (χ4n) is 3.08. The lowest BCUT2D eigenvalue weighted by Crippen LogP contribution is -2.41. The number of urea groups is 1. The van der Waals surface area contributed by atoms with E-state index in [4.69, 9.17) is 10.00 Å². The highest BCUT2D eigenvalue weighted by molar-refractivity contribution is 5.91. The second-order valence-corrected chi connectivity index (χ2v) is 6.08. The maximum atomic E-state index is 12.8. The minimum atomic E-state index is -0.142. The van der Waals surface area contributed by atoms with Crippen molar-refractivity contribution in [2.24, 2.45) is 0 Å². The van der Waals surface area contributed by atoms with Crippen molar-refractivity contribution >= 4 is 11.7 Å². The van der Waals surface area contributed by atoms with Crippen LogP contribution >= 0.6 is 0 Å². The topological polar surface area (TPSA) is 65.4 Å². The van der Waals surface area contributed by atoms with Crippen LogP contribution in [0.5, 0.6) is 0 Å². The number of ether oxygens (including phenoxy) is 1. The summed E-state index contributed by atoms with van der Waals surface area (Å²) in [4.78, 5) is 14.5. The molecule has 5 heteroatoms. The first-order chi connectivity index (χ1) is 11.7. The molecule has 0 spiro atoms. The van der Waals surface area contributed by atoms with Gasteiger partial charge < -0.3 is 15.0 Å². The Morgan fingerprint density at radius 2 is 2.08 bits per heavy atom. The zero-order valence-corrected chi connectivity index (χ0v) is 14.7. The molecule has 2 amide bonds. The van der Waals surface area contributed by atoms with Crippen molar-refractivity contribution in [2.45, 2.75) is 52.1 Å². The van der Waals surface area contributed by atoms with Crippen LogP contribution in [-0.4, -0.2) is 36.7 Å². The number of anilines is 1. The van der Waals surface area contributed by atoms with Crippen molar-refractivity contribution in [1.29, 1.82) is 5.26 Å². The van der Waals surface area contributed by atoms with E-state index in [1.807, 2.05) is 6.07 Å². The fourth-order valence-corrected chi connectivity index (χ4v) is 3.08. The van der Waals surface area contributed by atoms with Gasteiger partial charge in [0.1, 0.15) is 0 Å². The molecule has 1 aromatic carbocycles. The highest BCUT2D eigenvalue weighted by Gasteiger charge is 2.23. The van der Waals surface area contributed by atoms with Crippen LogP contribution in [0, 0.1) is 11.3 Å². The molecule has 1 aliphatic heterocycles. The lowest BCUT2D eigenvalue weighted by atomic mass is 10.0. The van der Waals surface area contributed by atoms with Crippen LogP contribution in [0.2, 0.25) is 0 Å². The fraction of sp³-hybridized carbons (Fsp3) is 0.579. The Hall–Kier alpha value is -2.06. The first-order valence-corrected chi connectivity index (χ1v) is 8.84. The van der Waals surface area contributed by atoms with E-state index >= 15 is 0 Å². The predicted octanol–water partition coefficient (Wildman–Crippen LogP) is 3.74. The largest absolute Gasteiger partial charge is 0.376 e. The van der Waals surface area contributed by atoms with Crippen molar-refractivity contribution < 1.29 is 9.53 Å². The molecular weight excluding hydrogens is 302 g/mol. The van der Waals surface area contributed by atoms with Crippen LogP contribution in [0.25, 0.3) is 0 Å². The summed E-state index contributed by atoms with van der Waals surface area (Å²) >= 11 is 0. The van der Waals surface area contributed by atoms with Gasteiger partial charge in [-0.25, -0.2) is 4.79 Å². The molecule has 1 saturated heterocycles. The maximum absolute atomic E-state index is 12.8. The molecule has 1 aliphatic rings. The number of rotatable bonds is 7. The number of nitrogens with zero attached hydrogens (tertiary/aromatic N) is 2. The lowest BCUT2D eigenvalue weighted by Gasteiger charge is -2.26. The number of carbonyl (C=O) groups excluding carboxylic acids is 1. The van der Waals surface area contributed by atoms with Gasteiger partial charge in [0.25, 0.3) is 0 Å². The van der Waals surface area contributed by atoms with Gasteiger partial charge in [0.15, 0.2) is 0 Å². The van der Waals surface area contributed by atoms with Gasteiger partial charge in [-0.15, -0.1) is 0 Å². The Kier molecular flexibility index (Phi) is 7.07. The minimum Gasteiger partial charge on any atom is -0.376 e. The lowest BCUT2D eigenvalue weighted by molar-refractivity contribution is 0.0841. The summed E-state index contributed by atoms with van der Waals surface area (Å²) in [5.41, 5.74) is 3.20. The van der Waals surface area contributed by atoms with E-state index in [0.29, 0.717) is 19.5 Å². The first kappa shape index (κ1) is 18.3. The van der Waals surface area contributed by atoms with Crippen LogP contribution in [0.15, 0.2) is 18.2 Å². The van der Waals surface area contributed by atoms with Crippen molar-refractivity contribution in [3.8, 4) is 6.07 Å². The molecule has 130 valence electrons. The molecule has 0 aromatic heterocycles. The third-order valence-corrected chi connectivity index (χ3v) is 4.46. The summed E-state index contributed by atoms with van der Waals surface area (Å²) < 4.78 is 5.65. The maximum Gasteiger partial charge on any atom is 0.321 e. The summed E-state index contributed by atoms with van der Waals surface area (Å²) in [6.07, 6.45) is 4.16. The molecule has 2 rings (SSSR count). The van der Waals surface area contributed by atoms with E-state index in [0.717, 1.165) is 49.1 Å². The van der Waals surface area contributed by atoms with Crippen LogP contribution in [-0.2, 0) is 17.6 Å². The number of para-hydroxylation sites is 1. The van der Waals surface area contributed by atoms with Crippen LogP contribution < -0.4 is 5.32 Å². The van der Waals surface area contributed by atoms with E-state index in [9.17, 15) is 4.79 Å². The Morgan fingerprint density at radius 3 is 2.62 bits per heavy atom. The molecule has 1 unspecified atom stereocenters. The standard InChI is InChI=1S/C19H27N3O2/c1-3-15-8-5-9-16(4-2)18(15)21-19(23)22(12-7-11-20)14-17-10-6-13-24-17/h5,8-9,17H,3-4,6-7,10,12-14H2,1-2H3,(H,21,23). The number of hydrogen-bond acceptors (Lipinski definition) is 3. The van der Waals surface area contributed by atoms with E-state index < -0.39 is 0 Å². The van der Waals surface area contributed by atoms with Gasteiger partial charge in [0, 0.05) is 25.4 Å². The van der Waals surface area contributed by atoms with E-state index in [2.05, 4.69) is 37.4 Å². The Morgan fingerprint density at radius 1 is 1.38 bits per heavy atom. The molecule has 1 fully saturated rings. The van der Waals surface area contributed by atoms with Crippen molar-refractivity contribution in [3.05, 3.63) is 29.3 Å². The third kappa shape index (κ3) is 4.72. The summed E-state index contributed by atoms with van der Waals surface area (Å²) in [6.45, 7) is 5.91. The molecule has 0 radical (unpaired) electrons. The molecule has 0 bridgehead atoms. The van der Waals surface area contributed by atoms with Crippen LogP contribution in [0.4, 0.5) is 10.5 Å². The number of nitriles is 1. The Labute approximate surface area is 144 Å². The summed E-state index contributed by atoms with van der Waals surface area (Å²) in [5.74, 6) is 0. The molecule has 1 heterocycles. The molecule has 1 N–H and O–H groups in total. The molecule has 0 saturated carbocycles. The zero-order chi connectivity index (χ0) is 17.4. The molecule has 24 heavy (non-hydrogen) atoms. The quantitative estimate of drug-likeness (QED) is 0.829. The summed E-state index contributed by atoms with van der Waals surface area (Å²) in [5, 5.41) is 12.0. The molecule has 0 aliphatic carbocycles. The molecule has 5 nitrogen and oxygen atoms in total. The first-order valence-electron chi connectivity index (χ1n) is 8.84. The van der Waals surface area contributed by atoms with E-state index in [1.165, 1.54) is 0 Å². The Bertz CT molecular complexity index is 567. The van der Waals surface area contributed by atoms with Gasteiger partial charge >= 0.3 is 6.03 Å². The average Bonchev–Trinajstić information content (AvgIpc) is 3.11. The minimum absolute atomic E-state index is 0.0847. The molecule has 1 atom stereocenters. The smallest absolute Gasteiger partial charge is 0.321 e. The third-order valence-electron chi connectivity index (χ3n) is 4.46. The van der Waals surface area contributed by atoms with Gasteiger partial charge in [-0.2, -0.15) is 5.26 Å². The van der Waals surface area contributed by atoms with Gasteiger partial charge in [-0.05, 0) is 36.8 Å². The molecular formula is C19H27N3O2. The zero-order valence-electron chi connectivity index (χ0n) is 14.7. The van der Waals surface area contributed by atoms with E-state index in [1.54, 1.807) is 4.90 Å². The normalized spacial score (nSPS) is 16.6. The number of benzene rings is 1. The van der Waals surface area contributed by atoms with E-state index in [-0.39, 0.29) is 12.1 Å². The number of nitrogens with one attached hydrogen (secondary N) is 1. The van der Waals surface area contributed by atoms with Gasteiger partial charge in [-0.1, -0.05) is 32.0 Å². The SMILES string of the molecule is CCc1cccc(CC)c1NC(=O)N(CCC#N)CC1CCCO1. The second kappa shape index (κ2) is 9.29.